The van der Waals surface area contributed by atoms with Crippen molar-refractivity contribution in [3.8, 4) is 0 Å². The summed E-state index contributed by atoms with van der Waals surface area (Å²) in [5.41, 5.74) is 0.259. The van der Waals surface area contributed by atoms with Gasteiger partial charge in [-0.3, -0.25) is 4.79 Å². The Morgan fingerprint density at radius 2 is 2.40 bits per heavy atom. The molecule has 0 saturated heterocycles. The van der Waals surface area contributed by atoms with Crippen LogP contribution < -0.4 is 10.9 Å². The maximum absolute atomic E-state index is 12.0. The molecule has 1 aliphatic carbocycles. The molecule has 6 heteroatoms. The second-order valence-corrected chi connectivity index (χ2v) is 6.00. The second-order valence-electron chi connectivity index (χ2n) is 5.63. The van der Waals surface area contributed by atoms with Crippen molar-refractivity contribution in [3.05, 3.63) is 34.2 Å². The Morgan fingerprint density at radius 3 is 2.95 bits per heavy atom. The summed E-state index contributed by atoms with van der Waals surface area (Å²) >= 11 is 6.12. The van der Waals surface area contributed by atoms with Crippen LogP contribution in [0, 0.1) is 5.41 Å². The van der Waals surface area contributed by atoms with E-state index in [-0.39, 0.29) is 28.1 Å². The number of hydrogen-bond acceptors (Lipinski definition) is 4. The van der Waals surface area contributed by atoms with E-state index < -0.39 is 0 Å². The maximum atomic E-state index is 12.0. The van der Waals surface area contributed by atoms with Crippen LogP contribution in [-0.4, -0.2) is 29.0 Å². The van der Waals surface area contributed by atoms with E-state index in [1.165, 1.54) is 4.68 Å². The number of rotatable bonds is 5. The highest BCUT2D eigenvalue weighted by Crippen LogP contribution is 2.44. The fraction of sp³-hybridized carbons (Fsp3) is 0.571. The molecule has 2 rings (SSSR count). The van der Waals surface area contributed by atoms with Crippen molar-refractivity contribution in [2.75, 3.05) is 12.4 Å². The highest BCUT2D eigenvalue weighted by molar-refractivity contribution is 6.32. The standard InChI is InChI=1S/C14H20ClN3O2/c1-5-6-18-13(19)12(15)9(8-16-18)17-10-7-11(20-4)14(10,2)3/h5,8,10-11,17H,1,6-7H2,2-4H3. The van der Waals surface area contributed by atoms with E-state index in [1.807, 2.05) is 0 Å². The summed E-state index contributed by atoms with van der Waals surface area (Å²) in [6.45, 7) is 8.19. The Bertz CT molecular complexity index is 568. The number of aromatic nitrogens is 2. The van der Waals surface area contributed by atoms with Crippen molar-refractivity contribution in [1.29, 1.82) is 0 Å². The summed E-state index contributed by atoms with van der Waals surface area (Å²) in [5, 5.41) is 7.54. The van der Waals surface area contributed by atoms with E-state index in [0.29, 0.717) is 12.2 Å². The minimum atomic E-state index is -0.308. The van der Waals surface area contributed by atoms with Crippen LogP contribution in [0.5, 0.6) is 0 Å². The molecule has 1 aromatic heterocycles. The first-order valence-corrected chi connectivity index (χ1v) is 6.95. The SMILES string of the molecule is C=CCn1ncc(NC2CC(OC)C2(C)C)c(Cl)c1=O. The predicted octanol–water partition coefficient (Wildman–Crippen LogP) is 2.31. The molecule has 0 bridgehead atoms. The first kappa shape index (κ1) is 15.1. The number of anilines is 1. The Morgan fingerprint density at radius 1 is 1.70 bits per heavy atom. The maximum Gasteiger partial charge on any atom is 0.287 e. The zero-order valence-electron chi connectivity index (χ0n) is 12.0. The van der Waals surface area contributed by atoms with Gasteiger partial charge in [0, 0.05) is 18.6 Å². The predicted molar refractivity (Wildman–Crippen MR) is 80.3 cm³/mol. The lowest BCUT2D eigenvalue weighted by Crippen LogP contribution is -2.57. The molecule has 110 valence electrons. The summed E-state index contributed by atoms with van der Waals surface area (Å²) in [6, 6.07) is 0.210. The number of allylic oxidation sites excluding steroid dienone is 1. The first-order valence-electron chi connectivity index (χ1n) is 6.57. The average Bonchev–Trinajstić information content (AvgIpc) is 2.41. The molecule has 0 amide bonds. The minimum Gasteiger partial charge on any atom is -0.381 e. The van der Waals surface area contributed by atoms with Gasteiger partial charge in [0.05, 0.1) is 24.5 Å². The van der Waals surface area contributed by atoms with Gasteiger partial charge >= 0.3 is 0 Å². The number of halogens is 1. The van der Waals surface area contributed by atoms with Crippen LogP contribution in [0.3, 0.4) is 0 Å². The third-order valence-electron chi connectivity index (χ3n) is 4.08. The number of nitrogens with one attached hydrogen (secondary N) is 1. The molecular weight excluding hydrogens is 278 g/mol. The van der Waals surface area contributed by atoms with Gasteiger partial charge in [0.2, 0.25) is 0 Å². The molecule has 1 fully saturated rings. The van der Waals surface area contributed by atoms with Crippen LogP contribution in [0.2, 0.25) is 5.02 Å². The van der Waals surface area contributed by atoms with E-state index in [0.717, 1.165) is 6.42 Å². The third-order valence-corrected chi connectivity index (χ3v) is 4.44. The van der Waals surface area contributed by atoms with E-state index in [9.17, 15) is 4.79 Å². The van der Waals surface area contributed by atoms with Crippen molar-refractivity contribution < 1.29 is 4.74 Å². The molecule has 0 spiro atoms. The van der Waals surface area contributed by atoms with Crippen molar-refractivity contribution in [2.45, 2.75) is 39.0 Å². The fourth-order valence-corrected chi connectivity index (χ4v) is 2.74. The Balaban J connectivity index is 2.18. The molecule has 5 nitrogen and oxygen atoms in total. The van der Waals surface area contributed by atoms with Crippen LogP contribution in [-0.2, 0) is 11.3 Å². The van der Waals surface area contributed by atoms with Crippen LogP contribution >= 0.6 is 11.6 Å². The minimum absolute atomic E-state index is 0.00590. The Kier molecular flexibility index (Phi) is 4.20. The smallest absolute Gasteiger partial charge is 0.287 e. The van der Waals surface area contributed by atoms with E-state index in [2.05, 4.69) is 30.8 Å². The Labute approximate surface area is 123 Å². The first-order chi connectivity index (χ1) is 9.41. The lowest BCUT2D eigenvalue weighted by atomic mass is 9.64. The monoisotopic (exact) mass is 297 g/mol. The van der Waals surface area contributed by atoms with Crippen LogP contribution in [0.15, 0.2) is 23.6 Å². The summed E-state index contributed by atoms with van der Waals surface area (Å²) in [7, 11) is 1.72. The summed E-state index contributed by atoms with van der Waals surface area (Å²) in [4.78, 5) is 12.0. The van der Waals surface area contributed by atoms with Crippen molar-refractivity contribution in [1.82, 2.24) is 9.78 Å². The average molecular weight is 298 g/mol. The van der Waals surface area contributed by atoms with Gasteiger partial charge in [0.15, 0.2) is 0 Å². The molecule has 2 unspecified atom stereocenters. The lowest BCUT2D eigenvalue weighted by Gasteiger charge is -2.51. The second kappa shape index (κ2) is 5.58. The van der Waals surface area contributed by atoms with E-state index in [1.54, 1.807) is 19.4 Å². The topological polar surface area (TPSA) is 56.1 Å². The van der Waals surface area contributed by atoms with E-state index in [4.69, 9.17) is 16.3 Å². The number of hydrogen-bond donors (Lipinski definition) is 1. The molecule has 2 atom stereocenters. The van der Waals surface area contributed by atoms with Gasteiger partial charge in [-0.15, -0.1) is 6.58 Å². The zero-order chi connectivity index (χ0) is 14.9. The number of ether oxygens (including phenoxy) is 1. The third kappa shape index (κ3) is 2.47. The summed E-state index contributed by atoms with van der Waals surface area (Å²) < 4.78 is 6.69. The van der Waals surface area contributed by atoms with Crippen LogP contribution in [0.4, 0.5) is 5.69 Å². The summed E-state index contributed by atoms with van der Waals surface area (Å²) in [6.07, 6.45) is 4.29. The molecule has 20 heavy (non-hydrogen) atoms. The fourth-order valence-electron chi connectivity index (χ4n) is 2.54. The molecular formula is C14H20ClN3O2. The Hall–Kier alpha value is -1.33. The molecule has 0 radical (unpaired) electrons. The van der Waals surface area contributed by atoms with Gasteiger partial charge in [-0.1, -0.05) is 31.5 Å². The molecule has 1 N–H and O–H groups in total. The van der Waals surface area contributed by atoms with Gasteiger partial charge in [0.1, 0.15) is 5.02 Å². The quantitative estimate of drug-likeness (QED) is 0.847. The molecule has 0 aliphatic heterocycles. The molecule has 1 saturated carbocycles. The van der Waals surface area contributed by atoms with Crippen molar-refractivity contribution in [2.24, 2.45) is 5.41 Å². The van der Waals surface area contributed by atoms with Crippen molar-refractivity contribution in [3.63, 3.8) is 0 Å². The van der Waals surface area contributed by atoms with Gasteiger partial charge in [0.25, 0.3) is 5.56 Å². The normalized spacial score (nSPS) is 24.0. The number of methoxy groups -OCH3 is 1. The zero-order valence-corrected chi connectivity index (χ0v) is 12.8. The lowest BCUT2D eigenvalue weighted by molar-refractivity contribution is -0.0794. The molecule has 1 aliphatic rings. The molecule has 0 aromatic carbocycles. The number of nitrogens with zero attached hydrogens (tertiary/aromatic N) is 2. The van der Waals surface area contributed by atoms with Gasteiger partial charge in [-0.25, -0.2) is 4.68 Å². The van der Waals surface area contributed by atoms with Gasteiger partial charge < -0.3 is 10.1 Å². The highest BCUT2D eigenvalue weighted by Gasteiger charge is 2.48. The molecule has 1 heterocycles. The molecule has 1 aromatic rings. The van der Waals surface area contributed by atoms with Gasteiger partial charge in [-0.05, 0) is 6.42 Å². The van der Waals surface area contributed by atoms with Crippen LogP contribution in [0.1, 0.15) is 20.3 Å². The van der Waals surface area contributed by atoms with Crippen LogP contribution in [0.25, 0.3) is 0 Å². The van der Waals surface area contributed by atoms with Gasteiger partial charge in [-0.2, -0.15) is 5.10 Å². The summed E-state index contributed by atoms with van der Waals surface area (Å²) in [5.74, 6) is 0. The largest absolute Gasteiger partial charge is 0.381 e. The highest BCUT2D eigenvalue weighted by atomic mass is 35.5. The van der Waals surface area contributed by atoms with E-state index >= 15 is 0 Å². The van der Waals surface area contributed by atoms with Crippen molar-refractivity contribution >= 4 is 17.3 Å².